The third-order valence-electron chi connectivity index (χ3n) is 4.07. The van der Waals surface area contributed by atoms with E-state index in [0.717, 1.165) is 24.3 Å². The maximum atomic E-state index is 5.43. The monoisotopic (exact) mass is 302 g/mol. The third-order valence-corrected chi connectivity index (χ3v) is 5.19. The van der Waals surface area contributed by atoms with Gasteiger partial charge in [-0.3, -0.25) is 5.32 Å². The summed E-state index contributed by atoms with van der Waals surface area (Å²) in [6, 6.07) is 6.82. The van der Waals surface area contributed by atoms with Gasteiger partial charge in [-0.15, -0.1) is 11.3 Å². The van der Waals surface area contributed by atoms with E-state index in [9.17, 15) is 0 Å². The van der Waals surface area contributed by atoms with Crippen molar-refractivity contribution in [2.24, 2.45) is 0 Å². The van der Waals surface area contributed by atoms with E-state index >= 15 is 0 Å². The van der Waals surface area contributed by atoms with E-state index < -0.39 is 0 Å². The Morgan fingerprint density at radius 1 is 1.38 bits per heavy atom. The summed E-state index contributed by atoms with van der Waals surface area (Å²) in [7, 11) is 1.72. The normalized spacial score (nSPS) is 20.8. The fourth-order valence-electron chi connectivity index (χ4n) is 3.23. The first-order valence-electron chi connectivity index (χ1n) is 7.43. The molecule has 1 aromatic carbocycles. The molecule has 4 heteroatoms. The number of aryl methyl sites for hydroxylation is 2. The van der Waals surface area contributed by atoms with E-state index in [2.05, 4.69) is 49.7 Å². The van der Waals surface area contributed by atoms with Crippen LogP contribution in [-0.4, -0.2) is 18.1 Å². The van der Waals surface area contributed by atoms with Gasteiger partial charge in [0.05, 0.1) is 12.6 Å². The number of nitrogens with zero attached hydrogens (tertiary/aromatic N) is 1. The number of ether oxygens (including phenoxy) is 1. The summed E-state index contributed by atoms with van der Waals surface area (Å²) in [5.41, 5.74) is 3.65. The third kappa shape index (κ3) is 2.47. The molecule has 0 amide bonds. The van der Waals surface area contributed by atoms with Crippen molar-refractivity contribution in [2.45, 2.75) is 45.2 Å². The molecule has 21 heavy (non-hydrogen) atoms. The largest absolute Gasteiger partial charge is 0.497 e. The zero-order valence-corrected chi connectivity index (χ0v) is 13.9. The molecule has 0 saturated heterocycles. The first-order valence-corrected chi connectivity index (χ1v) is 8.31. The summed E-state index contributed by atoms with van der Waals surface area (Å²) in [6.45, 7) is 6.45. The number of benzene rings is 1. The lowest BCUT2D eigenvalue weighted by molar-refractivity contribution is 0.358. The van der Waals surface area contributed by atoms with Crippen LogP contribution in [0, 0.1) is 6.92 Å². The van der Waals surface area contributed by atoms with Gasteiger partial charge in [0, 0.05) is 17.1 Å². The second-order valence-corrected chi connectivity index (χ2v) is 6.88. The maximum Gasteiger partial charge on any atom is 0.119 e. The van der Waals surface area contributed by atoms with Crippen LogP contribution in [0.2, 0.25) is 0 Å². The highest BCUT2D eigenvalue weighted by atomic mass is 32.1. The first kappa shape index (κ1) is 14.5. The summed E-state index contributed by atoms with van der Waals surface area (Å²) >= 11 is 1.75. The predicted octanol–water partition coefficient (Wildman–Crippen LogP) is 3.65. The van der Waals surface area contributed by atoms with Crippen LogP contribution in [0.25, 0.3) is 0 Å². The fraction of sp³-hybridized carbons (Fsp3) is 0.471. The Morgan fingerprint density at radius 3 is 2.81 bits per heavy atom. The number of hydrogen-bond donors (Lipinski definition) is 1. The quantitative estimate of drug-likeness (QED) is 0.936. The average Bonchev–Trinajstić information content (AvgIpc) is 3.03. The number of hydrogen-bond acceptors (Lipinski definition) is 4. The Balaban J connectivity index is 2.15. The molecule has 0 aliphatic heterocycles. The molecule has 0 bridgehead atoms. The van der Waals surface area contributed by atoms with E-state index in [1.165, 1.54) is 16.1 Å². The Morgan fingerprint density at radius 2 is 2.19 bits per heavy atom. The van der Waals surface area contributed by atoms with Gasteiger partial charge in [-0.1, -0.05) is 6.07 Å². The van der Waals surface area contributed by atoms with Crippen LogP contribution in [0.15, 0.2) is 23.6 Å². The zero-order chi connectivity index (χ0) is 15.0. The van der Waals surface area contributed by atoms with Crippen molar-refractivity contribution in [1.82, 2.24) is 10.3 Å². The predicted molar refractivity (Wildman–Crippen MR) is 87.2 cm³/mol. The van der Waals surface area contributed by atoms with Crippen molar-refractivity contribution in [3.05, 3.63) is 45.4 Å². The van der Waals surface area contributed by atoms with Gasteiger partial charge in [0.2, 0.25) is 0 Å². The van der Waals surface area contributed by atoms with Gasteiger partial charge in [0.1, 0.15) is 10.8 Å². The van der Waals surface area contributed by atoms with Crippen LogP contribution in [0.3, 0.4) is 0 Å². The van der Waals surface area contributed by atoms with Crippen molar-refractivity contribution >= 4 is 11.3 Å². The molecule has 1 unspecified atom stereocenters. The second-order valence-electron chi connectivity index (χ2n) is 6.02. The van der Waals surface area contributed by atoms with Crippen LogP contribution in [-0.2, 0) is 12.0 Å². The van der Waals surface area contributed by atoms with Crippen molar-refractivity contribution in [2.75, 3.05) is 7.11 Å². The van der Waals surface area contributed by atoms with Crippen molar-refractivity contribution in [3.63, 3.8) is 0 Å². The molecule has 1 aliphatic carbocycles. The Kier molecular flexibility index (Phi) is 3.76. The summed E-state index contributed by atoms with van der Waals surface area (Å²) in [5.74, 6) is 0.916. The molecule has 1 heterocycles. The lowest BCUT2D eigenvalue weighted by atomic mass is 9.91. The summed E-state index contributed by atoms with van der Waals surface area (Å²) in [5, 5.41) is 7.09. The molecule has 2 aromatic rings. The molecular formula is C17H22N2OS. The first-order chi connectivity index (χ1) is 10.0. The van der Waals surface area contributed by atoms with Crippen molar-refractivity contribution in [3.8, 4) is 5.75 Å². The summed E-state index contributed by atoms with van der Waals surface area (Å²) in [4.78, 5) is 4.79. The molecule has 1 N–H and O–H groups in total. The molecular weight excluding hydrogens is 280 g/mol. The van der Waals surface area contributed by atoms with Gasteiger partial charge in [0.25, 0.3) is 0 Å². The highest BCUT2D eigenvalue weighted by Gasteiger charge is 2.43. The van der Waals surface area contributed by atoms with E-state index in [4.69, 9.17) is 9.72 Å². The average molecular weight is 302 g/mol. The van der Waals surface area contributed by atoms with Crippen LogP contribution in [0.5, 0.6) is 5.75 Å². The highest BCUT2D eigenvalue weighted by Crippen LogP contribution is 2.44. The number of methoxy groups -OCH3 is 1. The molecule has 112 valence electrons. The van der Waals surface area contributed by atoms with Gasteiger partial charge in [-0.2, -0.15) is 0 Å². The molecule has 3 rings (SSSR count). The molecule has 0 radical (unpaired) electrons. The molecule has 0 fully saturated rings. The van der Waals surface area contributed by atoms with Gasteiger partial charge in [-0.05, 0) is 56.9 Å². The van der Waals surface area contributed by atoms with Crippen LogP contribution < -0.4 is 10.1 Å². The van der Waals surface area contributed by atoms with E-state index in [1.54, 1.807) is 18.4 Å². The fourth-order valence-corrected chi connectivity index (χ4v) is 4.23. The minimum absolute atomic E-state index is 0.170. The zero-order valence-electron chi connectivity index (χ0n) is 13.1. The Hall–Kier alpha value is -1.39. The number of aromatic nitrogens is 1. The number of fused-ring (bicyclic) bond motifs is 1. The molecule has 1 aromatic heterocycles. The number of rotatable bonds is 4. The van der Waals surface area contributed by atoms with Gasteiger partial charge < -0.3 is 4.74 Å². The molecule has 3 nitrogen and oxygen atoms in total. The maximum absolute atomic E-state index is 5.43. The smallest absolute Gasteiger partial charge is 0.119 e. The van der Waals surface area contributed by atoms with Crippen LogP contribution in [0.1, 0.15) is 42.1 Å². The minimum atomic E-state index is -0.170. The Bertz CT molecular complexity index is 650. The molecule has 1 aliphatic rings. The van der Waals surface area contributed by atoms with E-state index in [1.807, 2.05) is 0 Å². The van der Waals surface area contributed by atoms with Crippen molar-refractivity contribution < 1.29 is 4.74 Å². The van der Waals surface area contributed by atoms with Gasteiger partial charge >= 0.3 is 0 Å². The summed E-state index contributed by atoms with van der Waals surface area (Å²) in [6.07, 6.45) is 2.14. The van der Waals surface area contributed by atoms with Crippen LogP contribution >= 0.6 is 11.3 Å². The van der Waals surface area contributed by atoms with E-state index in [-0.39, 0.29) is 5.54 Å². The van der Waals surface area contributed by atoms with Gasteiger partial charge in [0.15, 0.2) is 0 Å². The summed E-state index contributed by atoms with van der Waals surface area (Å²) < 4.78 is 5.43. The highest BCUT2D eigenvalue weighted by molar-refractivity contribution is 7.09. The van der Waals surface area contributed by atoms with Crippen molar-refractivity contribution in [1.29, 1.82) is 0 Å². The molecule has 1 atom stereocenters. The van der Waals surface area contributed by atoms with E-state index in [0.29, 0.717) is 6.04 Å². The topological polar surface area (TPSA) is 34.1 Å². The standard InChI is InChI=1S/C17H22N2OS/c1-11(2)19-17(16-18-12(3)10-21-16)8-7-13-5-6-14(20-4)9-15(13)17/h5-6,9-11,19H,7-8H2,1-4H3. The second kappa shape index (κ2) is 5.43. The molecule has 0 spiro atoms. The lowest BCUT2D eigenvalue weighted by Gasteiger charge is -2.32. The Labute approximate surface area is 130 Å². The number of nitrogens with one attached hydrogen (secondary N) is 1. The van der Waals surface area contributed by atoms with Crippen LogP contribution in [0.4, 0.5) is 0 Å². The molecule has 0 saturated carbocycles. The SMILES string of the molecule is COc1ccc2c(c1)C(NC(C)C)(c1nc(C)cs1)CC2. The number of thiazole rings is 1. The van der Waals surface area contributed by atoms with Gasteiger partial charge in [-0.25, -0.2) is 4.98 Å². The minimum Gasteiger partial charge on any atom is -0.497 e. The lowest BCUT2D eigenvalue weighted by Crippen LogP contribution is -2.45.